The summed E-state index contributed by atoms with van der Waals surface area (Å²) >= 11 is 1.58. The monoisotopic (exact) mass is 382 g/mol. The summed E-state index contributed by atoms with van der Waals surface area (Å²) in [6, 6.07) is 12.7. The van der Waals surface area contributed by atoms with Crippen molar-refractivity contribution in [2.75, 3.05) is 6.54 Å². The second kappa shape index (κ2) is 10.9. The zero-order valence-corrected chi connectivity index (χ0v) is 15.6. The molecule has 1 amide bonds. The Morgan fingerprint density at radius 1 is 1.16 bits per heavy atom. The predicted molar refractivity (Wildman–Crippen MR) is 102 cm³/mol. The van der Waals surface area contributed by atoms with Crippen molar-refractivity contribution in [3.05, 3.63) is 58.3 Å². The molecule has 0 spiro atoms. The molecule has 2 aromatic rings. The largest absolute Gasteiger partial charge is 0.480 e. The van der Waals surface area contributed by atoms with Crippen LogP contribution in [0.15, 0.2) is 47.8 Å². The quantitative estimate of drug-likeness (QED) is 0.622. The summed E-state index contributed by atoms with van der Waals surface area (Å²) in [5, 5.41) is 16.9. The SMILES string of the molecule is CCCC(NCC(=O)NC(c1ccccc1)c1cccs1)C(=O)O.Cl. The topological polar surface area (TPSA) is 78.4 Å². The fourth-order valence-corrected chi connectivity index (χ4v) is 3.25. The molecule has 1 aromatic carbocycles. The van der Waals surface area contributed by atoms with Crippen molar-refractivity contribution in [3.8, 4) is 0 Å². The van der Waals surface area contributed by atoms with Crippen molar-refractivity contribution < 1.29 is 14.7 Å². The van der Waals surface area contributed by atoms with Crippen LogP contribution in [0.3, 0.4) is 0 Å². The number of carbonyl (C=O) groups excluding carboxylic acids is 1. The Bertz CT molecular complexity index is 650. The second-order valence-corrected chi connectivity index (χ2v) is 6.47. The van der Waals surface area contributed by atoms with E-state index in [1.165, 1.54) is 0 Å². The zero-order valence-electron chi connectivity index (χ0n) is 14.0. The first kappa shape index (κ1) is 21.2. The number of carboxylic acid groups (broad SMARTS) is 1. The van der Waals surface area contributed by atoms with Gasteiger partial charge < -0.3 is 10.4 Å². The van der Waals surface area contributed by atoms with E-state index >= 15 is 0 Å². The van der Waals surface area contributed by atoms with Gasteiger partial charge >= 0.3 is 5.97 Å². The Balaban J connectivity index is 0.00000312. The number of carboxylic acids is 1. The van der Waals surface area contributed by atoms with Gasteiger partial charge in [-0.15, -0.1) is 23.7 Å². The third-order valence-electron chi connectivity index (χ3n) is 3.65. The number of carbonyl (C=O) groups is 2. The second-order valence-electron chi connectivity index (χ2n) is 5.49. The summed E-state index contributed by atoms with van der Waals surface area (Å²) < 4.78 is 0. The molecule has 0 saturated carbocycles. The predicted octanol–water partition coefficient (Wildman–Crippen LogP) is 3.22. The first-order chi connectivity index (χ1) is 11.6. The Morgan fingerprint density at radius 2 is 1.88 bits per heavy atom. The summed E-state index contributed by atoms with van der Waals surface area (Å²) in [6.45, 7) is 1.89. The fourth-order valence-electron chi connectivity index (χ4n) is 2.45. The Labute approximate surface area is 157 Å². The van der Waals surface area contributed by atoms with E-state index in [1.54, 1.807) is 11.3 Å². The van der Waals surface area contributed by atoms with Crippen molar-refractivity contribution in [2.24, 2.45) is 0 Å². The zero-order chi connectivity index (χ0) is 17.4. The molecule has 0 saturated heterocycles. The van der Waals surface area contributed by atoms with Gasteiger partial charge in [0.15, 0.2) is 0 Å². The van der Waals surface area contributed by atoms with Gasteiger partial charge in [0.05, 0.1) is 12.6 Å². The summed E-state index contributed by atoms with van der Waals surface area (Å²) in [5.74, 6) is -1.15. The van der Waals surface area contributed by atoms with E-state index in [0.29, 0.717) is 6.42 Å². The first-order valence-electron chi connectivity index (χ1n) is 7.95. The van der Waals surface area contributed by atoms with Crippen LogP contribution in [0.2, 0.25) is 0 Å². The van der Waals surface area contributed by atoms with Gasteiger partial charge in [0, 0.05) is 4.88 Å². The van der Waals surface area contributed by atoms with Crippen LogP contribution in [-0.4, -0.2) is 29.6 Å². The van der Waals surface area contributed by atoms with E-state index in [1.807, 2.05) is 54.8 Å². The molecule has 1 aromatic heterocycles. The number of thiophene rings is 1. The molecule has 7 heteroatoms. The van der Waals surface area contributed by atoms with Crippen molar-refractivity contribution in [1.29, 1.82) is 0 Å². The van der Waals surface area contributed by atoms with E-state index in [9.17, 15) is 9.59 Å². The molecule has 3 N–H and O–H groups in total. The molecule has 0 aliphatic rings. The third kappa shape index (κ3) is 6.49. The van der Waals surface area contributed by atoms with Crippen molar-refractivity contribution >= 4 is 35.6 Å². The normalized spacial score (nSPS) is 12.7. The molecule has 5 nitrogen and oxygen atoms in total. The molecule has 0 radical (unpaired) electrons. The Hall–Kier alpha value is -1.89. The van der Waals surface area contributed by atoms with Gasteiger partial charge in [-0.2, -0.15) is 0 Å². The molecule has 136 valence electrons. The number of amides is 1. The van der Waals surface area contributed by atoms with Crippen LogP contribution in [0.4, 0.5) is 0 Å². The molecule has 0 fully saturated rings. The van der Waals surface area contributed by atoms with E-state index in [2.05, 4.69) is 10.6 Å². The van der Waals surface area contributed by atoms with Crippen molar-refractivity contribution in [2.45, 2.75) is 31.8 Å². The minimum Gasteiger partial charge on any atom is -0.480 e. The maximum absolute atomic E-state index is 12.3. The van der Waals surface area contributed by atoms with Crippen LogP contribution >= 0.6 is 23.7 Å². The number of hydrogen-bond acceptors (Lipinski definition) is 4. The van der Waals surface area contributed by atoms with Crippen LogP contribution in [-0.2, 0) is 9.59 Å². The lowest BCUT2D eigenvalue weighted by Gasteiger charge is -2.19. The number of aliphatic carboxylic acids is 1. The molecule has 2 unspecified atom stereocenters. The number of benzene rings is 1. The molecule has 0 bridgehead atoms. The minimum absolute atomic E-state index is 0. The van der Waals surface area contributed by atoms with Gasteiger partial charge in [-0.05, 0) is 23.4 Å². The summed E-state index contributed by atoms with van der Waals surface area (Å²) in [6.07, 6.45) is 1.24. The molecule has 0 aliphatic heterocycles. The number of hydrogen-bond donors (Lipinski definition) is 3. The molecular formula is C18H23ClN2O3S. The van der Waals surface area contributed by atoms with Crippen LogP contribution in [0.5, 0.6) is 0 Å². The highest BCUT2D eigenvalue weighted by Gasteiger charge is 2.20. The maximum atomic E-state index is 12.3. The lowest BCUT2D eigenvalue weighted by molar-refractivity contribution is -0.139. The summed E-state index contributed by atoms with van der Waals surface area (Å²) in [4.78, 5) is 24.5. The van der Waals surface area contributed by atoms with Crippen LogP contribution < -0.4 is 10.6 Å². The average molecular weight is 383 g/mol. The molecule has 0 aliphatic carbocycles. The molecule has 25 heavy (non-hydrogen) atoms. The smallest absolute Gasteiger partial charge is 0.320 e. The van der Waals surface area contributed by atoms with Crippen molar-refractivity contribution in [3.63, 3.8) is 0 Å². The van der Waals surface area contributed by atoms with E-state index in [4.69, 9.17) is 5.11 Å². The highest BCUT2D eigenvalue weighted by atomic mass is 35.5. The summed E-state index contributed by atoms with van der Waals surface area (Å²) in [7, 11) is 0. The molecule has 1 heterocycles. The van der Waals surface area contributed by atoms with Crippen LogP contribution in [0.25, 0.3) is 0 Å². The van der Waals surface area contributed by atoms with E-state index in [0.717, 1.165) is 16.9 Å². The van der Waals surface area contributed by atoms with Crippen LogP contribution in [0.1, 0.15) is 36.2 Å². The van der Waals surface area contributed by atoms with Crippen molar-refractivity contribution in [1.82, 2.24) is 10.6 Å². The Morgan fingerprint density at radius 3 is 2.44 bits per heavy atom. The van der Waals surface area contributed by atoms with Gasteiger partial charge in [-0.1, -0.05) is 49.7 Å². The lowest BCUT2D eigenvalue weighted by Crippen LogP contribution is -2.43. The van der Waals surface area contributed by atoms with E-state index in [-0.39, 0.29) is 30.9 Å². The number of rotatable bonds is 9. The lowest BCUT2D eigenvalue weighted by atomic mass is 10.1. The Kier molecular flexibility index (Phi) is 9.20. The van der Waals surface area contributed by atoms with Gasteiger partial charge in [0.1, 0.15) is 6.04 Å². The first-order valence-corrected chi connectivity index (χ1v) is 8.83. The van der Waals surface area contributed by atoms with Gasteiger partial charge in [0.2, 0.25) is 5.91 Å². The third-order valence-corrected chi connectivity index (χ3v) is 4.59. The van der Waals surface area contributed by atoms with Crippen LogP contribution in [0, 0.1) is 0 Å². The molecule has 2 atom stereocenters. The highest BCUT2D eigenvalue weighted by molar-refractivity contribution is 7.10. The van der Waals surface area contributed by atoms with Gasteiger partial charge in [0.25, 0.3) is 0 Å². The van der Waals surface area contributed by atoms with Gasteiger partial charge in [-0.25, -0.2) is 0 Å². The number of nitrogens with one attached hydrogen (secondary N) is 2. The molecular weight excluding hydrogens is 360 g/mol. The highest BCUT2D eigenvalue weighted by Crippen LogP contribution is 2.25. The summed E-state index contributed by atoms with van der Waals surface area (Å²) in [5.41, 5.74) is 0.997. The maximum Gasteiger partial charge on any atom is 0.320 e. The van der Waals surface area contributed by atoms with E-state index < -0.39 is 12.0 Å². The molecule has 2 rings (SSSR count). The average Bonchev–Trinajstić information content (AvgIpc) is 3.11. The van der Waals surface area contributed by atoms with Gasteiger partial charge in [-0.3, -0.25) is 14.9 Å². The minimum atomic E-state index is -0.928. The number of halogens is 1. The fraction of sp³-hybridized carbons (Fsp3) is 0.333. The standard InChI is InChI=1S/C18H22N2O3S.ClH/c1-2-7-14(18(22)23)19-12-16(21)20-17(15-10-6-11-24-15)13-8-4-3-5-9-13;/h3-6,8-11,14,17,19H,2,7,12H2,1H3,(H,20,21)(H,22,23);1H.